The molecule has 0 unspecified atom stereocenters. The lowest BCUT2D eigenvalue weighted by Gasteiger charge is -2.06. The lowest BCUT2D eigenvalue weighted by molar-refractivity contribution is 0.683. The second kappa shape index (κ2) is 5.22. The molecule has 2 heterocycles. The molecular weight excluding hydrogens is 276 g/mol. The summed E-state index contributed by atoms with van der Waals surface area (Å²) in [5, 5.41) is 4.16. The molecule has 0 fully saturated rings. The number of hydrogen-bond donors (Lipinski definition) is 2. The van der Waals surface area contributed by atoms with E-state index in [1.165, 1.54) is 23.4 Å². The molecule has 0 atom stereocenters. The van der Waals surface area contributed by atoms with Crippen LogP contribution in [0.5, 0.6) is 0 Å². The third-order valence-corrected chi connectivity index (χ3v) is 4.44. The Morgan fingerprint density at radius 2 is 2.16 bits per heavy atom. The van der Waals surface area contributed by atoms with Gasteiger partial charge in [-0.05, 0) is 37.8 Å². The number of anilines is 2. The average Bonchev–Trinajstić information content (AvgIpc) is 2.81. The van der Waals surface area contributed by atoms with Crippen LogP contribution >= 0.6 is 23.6 Å². The van der Waals surface area contributed by atoms with E-state index in [1.807, 2.05) is 12.1 Å². The summed E-state index contributed by atoms with van der Waals surface area (Å²) in [6.07, 6.45) is 6.45. The maximum atomic E-state index is 5.54. The summed E-state index contributed by atoms with van der Waals surface area (Å²) in [5.41, 5.74) is 7.57. The largest absolute Gasteiger partial charge is 0.389 e. The summed E-state index contributed by atoms with van der Waals surface area (Å²) in [4.78, 5) is 10.7. The fourth-order valence-corrected chi connectivity index (χ4v) is 3.31. The van der Waals surface area contributed by atoms with E-state index in [1.54, 1.807) is 17.5 Å². The molecule has 0 aromatic carbocycles. The van der Waals surface area contributed by atoms with Crippen LogP contribution in [0, 0.1) is 0 Å². The van der Waals surface area contributed by atoms with Crippen molar-refractivity contribution in [2.75, 3.05) is 5.32 Å². The van der Waals surface area contributed by atoms with Crippen LogP contribution in [0.2, 0.25) is 0 Å². The third-order valence-electron chi connectivity index (χ3n) is 3.13. The number of pyridine rings is 1. The standard InChI is InChI=1S/C13H14N4S2/c14-12(18)8-5-6-11(15-7-8)17-13-16-9-3-1-2-4-10(9)19-13/h5-7H,1-4H2,(H2,14,18)(H,15,16,17). The fourth-order valence-electron chi connectivity index (χ4n) is 2.13. The van der Waals surface area contributed by atoms with Gasteiger partial charge in [0.15, 0.2) is 5.13 Å². The van der Waals surface area contributed by atoms with Gasteiger partial charge in [0.1, 0.15) is 10.8 Å². The molecule has 6 heteroatoms. The Labute approximate surface area is 121 Å². The zero-order chi connectivity index (χ0) is 13.2. The van der Waals surface area contributed by atoms with Gasteiger partial charge in [0, 0.05) is 16.6 Å². The van der Waals surface area contributed by atoms with Crippen molar-refractivity contribution in [1.29, 1.82) is 0 Å². The van der Waals surface area contributed by atoms with Gasteiger partial charge in [-0.1, -0.05) is 12.2 Å². The lowest BCUT2D eigenvalue weighted by atomic mass is 10.0. The molecule has 0 saturated carbocycles. The van der Waals surface area contributed by atoms with Gasteiger partial charge in [-0.15, -0.1) is 11.3 Å². The number of fused-ring (bicyclic) bond motifs is 1. The first-order valence-corrected chi connectivity index (χ1v) is 7.46. The van der Waals surface area contributed by atoms with Gasteiger partial charge in [0.25, 0.3) is 0 Å². The van der Waals surface area contributed by atoms with Crippen LogP contribution in [0.25, 0.3) is 0 Å². The van der Waals surface area contributed by atoms with Gasteiger partial charge in [0.05, 0.1) is 5.69 Å². The van der Waals surface area contributed by atoms with Crippen LogP contribution in [-0.4, -0.2) is 15.0 Å². The van der Waals surface area contributed by atoms with E-state index >= 15 is 0 Å². The Morgan fingerprint density at radius 3 is 2.84 bits per heavy atom. The monoisotopic (exact) mass is 290 g/mol. The molecule has 0 aliphatic heterocycles. The predicted octanol–water partition coefficient (Wildman–Crippen LogP) is 2.79. The molecule has 0 amide bonds. The summed E-state index contributed by atoms with van der Waals surface area (Å²) in [6.45, 7) is 0. The quantitative estimate of drug-likeness (QED) is 0.851. The highest BCUT2D eigenvalue weighted by Gasteiger charge is 2.15. The molecular formula is C13H14N4S2. The predicted molar refractivity (Wildman–Crippen MR) is 82.2 cm³/mol. The van der Waals surface area contributed by atoms with Crippen LogP contribution < -0.4 is 11.1 Å². The first kappa shape index (κ1) is 12.5. The topological polar surface area (TPSA) is 63.8 Å². The number of nitrogens with one attached hydrogen (secondary N) is 1. The minimum absolute atomic E-state index is 0.365. The zero-order valence-electron chi connectivity index (χ0n) is 10.3. The molecule has 0 saturated heterocycles. The summed E-state index contributed by atoms with van der Waals surface area (Å²) >= 11 is 6.63. The molecule has 0 radical (unpaired) electrons. The first-order chi connectivity index (χ1) is 9.22. The van der Waals surface area contributed by atoms with Crippen molar-refractivity contribution in [2.24, 2.45) is 5.73 Å². The number of aryl methyl sites for hydroxylation is 2. The number of nitrogens with zero attached hydrogens (tertiary/aromatic N) is 2. The van der Waals surface area contributed by atoms with Crippen molar-refractivity contribution in [3.8, 4) is 0 Å². The van der Waals surface area contributed by atoms with Gasteiger partial charge in [-0.2, -0.15) is 0 Å². The number of thiazole rings is 1. The third kappa shape index (κ3) is 2.74. The van der Waals surface area contributed by atoms with Crippen molar-refractivity contribution in [2.45, 2.75) is 25.7 Å². The molecule has 2 aromatic heterocycles. The smallest absolute Gasteiger partial charge is 0.188 e. The van der Waals surface area contributed by atoms with E-state index in [0.29, 0.717) is 4.99 Å². The van der Waals surface area contributed by atoms with Crippen LogP contribution in [0.4, 0.5) is 10.9 Å². The molecule has 1 aliphatic rings. The molecule has 98 valence electrons. The van der Waals surface area contributed by atoms with Crippen molar-refractivity contribution in [3.63, 3.8) is 0 Å². The minimum Gasteiger partial charge on any atom is -0.389 e. The molecule has 19 heavy (non-hydrogen) atoms. The molecule has 0 bridgehead atoms. The maximum Gasteiger partial charge on any atom is 0.188 e. The van der Waals surface area contributed by atoms with Crippen molar-refractivity contribution < 1.29 is 0 Å². The summed E-state index contributed by atoms with van der Waals surface area (Å²) in [6, 6.07) is 3.74. The number of rotatable bonds is 3. The molecule has 3 rings (SSSR count). The summed E-state index contributed by atoms with van der Waals surface area (Å²) in [5.74, 6) is 0.770. The highest BCUT2D eigenvalue weighted by Crippen LogP contribution is 2.30. The Kier molecular flexibility index (Phi) is 3.44. The molecule has 3 N–H and O–H groups in total. The lowest BCUT2D eigenvalue weighted by Crippen LogP contribution is -2.09. The second-order valence-electron chi connectivity index (χ2n) is 4.52. The van der Waals surface area contributed by atoms with E-state index in [9.17, 15) is 0 Å². The van der Waals surface area contributed by atoms with E-state index in [-0.39, 0.29) is 0 Å². The van der Waals surface area contributed by atoms with Crippen molar-refractivity contribution >= 4 is 39.5 Å². The van der Waals surface area contributed by atoms with Gasteiger partial charge in [0.2, 0.25) is 0 Å². The zero-order valence-corrected chi connectivity index (χ0v) is 12.0. The van der Waals surface area contributed by atoms with Gasteiger partial charge in [-0.3, -0.25) is 0 Å². The molecule has 1 aliphatic carbocycles. The van der Waals surface area contributed by atoms with Gasteiger partial charge < -0.3 is 11.1 Å². The Hall–Kier alpha value is -1.53. The Morgan fingerprint density at radius 1 is 1.32 bits per heavy atom. The van der Waals surface area contributed by atoms with Crippen molar-refractivity contribution in [1.82, 2.24) is 9.97 Å². The van der Waals surface area contributed by atoms with Gasteiger partial charge in [-0.25, -0.2) is 9.97 Å². The number of aromatic nitrogens is 2. The van der Waals surface area contributed by atoms with E-state index in [2.05, 4.69) is 15.3 Å². The highest BCUT2D eigenvalue weighted by molar-refractivity contribution is 7.80. The van der Waals surface area contributed by atoms with E-state index in [0.717, 1.165) is 29.4 Å². The summed E-state index contributed by atoms with van der Waals surface area (Å²) < 4.78 is 0. The fraction of sp³-hybridized carbons (Fsp3) is 0.308. The Bertz CT molecular complexity index is 580. The van der Waals surface area contributed by atoms with E-state index < -0.39 is 0 Å². The first-order valence-electron chi connectivity index (χ1n) is 6.24. The van der Waals surface area contributed by atoms with Crippen LogP contribution in [-0.2, 0) is 12.8 Å². The normalized spacial score (nSPS) is 13.9. The number of nitrogens with two attached hydrogens (primary N) is 1. The van der Waals surface area contributed by atoms with E-state index in [4.69, 9.17) is 18.0 Å². The number of hydrogen-bond acceptors (Lipinski definition) is 5. The van der Waals surface area contributed by atoms with Gasteiger partial charge >= 0.3 is 0 Å². The van der Waals surface area contributed by atoms with Crippen LogP contribution in [0.1, 0.15) is 29.0 Å². The Balaban J connectivity index is 1.77. The molecule has 2 aromatic rings. The van der Waals surface area contributed by atoms with Crippen molar-refractivity contribution in [3.05, 3.63) is 34.5 Å². The second-order valence-corrected chi connectivity index (χ2v) is 6.04. The molecule has 0 spiro atoms. The SMILES string of the molecule is NC(=S)c1ccc(Nc2nc3c(s2)CCCC3)nc1. The minimum atomic E-state index is 0.365. The number of thiocarbonyl (C=S) groups is 1. The average molecular weight is 290 g/mol. The maximum absolute atomic E-state index is 5.54. The van der Waals surface area contributed by atoms with Crippen LogP contribution in [0.15, 0.2) is 18.3 Å². The summed E-state index contributed by atoms with van der Waals surface area (Å²) in [7, 11) is 0. The highest BCUT2D eigenvalue weighted by atomic mass is 32.1. The van der Waals surface area contributed by atoms with Crippen LogP contribution in [0.3, 0.4) is 0 Å². The molecule has 4 nitrogen and oxygen atoms in total.